The monoisotopic (exact) mass is 209 g/mol. The molecule has 0 unspecified atom stereocenters. The van der Waals surface area contributed by atoms with Crippen molar-refractivity contribution in [2.24, 2.45) is 7.05 Å². The average Bonchev–Trinajstić information content (AvgIpc) is 2.71. The normalized spacial score (nSPS) is 10.4. The van der Waals surface area contributed by atoms with E-state index >= 15 is 0 Å². The zero-order valence-corrected chi connectivity index (χ0v) is 8.15. The van der Waals surface area contributed by atoms with E-state index in [0.29, 0.717) is 5.69 Å². The Morgan fingerprint density at radius 2 is 2.36 bits per heavy atom. The molecule has 14 heavy (non-hydrogen) atoms. The van der Waals surface area contributed by atoms with Gasteiger partial charge in [0.2, 0.25) is 0 Å². The van der Waals surface area contributed by atoms with E-state index in [1.165, 1.54) is 22.2 Å². The molecule has 0 aromatic carbocycles. The van der Waals surface area contributed by atoms with Gasteiger partial charge in [0.25, 0.3) is 0 Å². The van der Waals surface area contributed by atoms with Crippen LogP contribution in [0, 0.1) is 0 Å². The number of aromatic carboxylic acids is 1. The summed E-state index contributed by atoms with van der Waals surface area (Å²) in [5, 5.41) is 12.8. The molecule has 0 aliphatic rings. The van der Waals surface area contributed by atoms with Crippen LogP contribution in [0.1, 0.15) is 10.4 Å². The lowest BCUT2D eigenvalue weighted by Crippen LogP contribution is -1.99. The van der Waals surface area contributed by atoms with E-state index in [4.69, 9.17) is 5.11 Å². The summed E-state index contributed by atoms with van der Waals surface area (Å²) in [7, 11) is 1.71. The van der Waals surface area contributed by atoms with Crippen LogP contribution in [-0.2, 0) is 7.05 Å². The van der Waals surface area contributed by atoms with Crippen LogP contribution in [0.15, 0.2) is 17.9 Å². The number of thiazole rings is 1. The van der Waals surface area contributed by atoms with Crippen molar-refractivity contribution in [3.63, 3.8) is 0 Å². The SMILES string of the molecule is Cn1ncc(C(=O)O)c1-c1cncs1. The molecule has 0 saturated carbocycles. The van der Waals surface area contributed by atoms with E-state index in [-0.39, 0.29) is 5.56 Å². The van der Waals surface area contributed by atoms with Crippen LogP contribution in [0.4, 0.5) is 0 Å². The Morgan fingerprint density at radius 1 is 1.57 bits per heavy atom. The molecule has 2 aromatic heterocycles. The van der Waals surface area contributed by atoms with E-state index in [9.17, 15) is 4.79 Å². The molecule has 1 N–H and O–H groups in total. The zero-order chi connectivity index (χ0) is 10.1. The van der Waals surface area contributed by atoms with Gasteiger partial charge >= 0.3 is 5.97 Å². The largest absolute Gasteiger partial charge is 0.478 e. The molecule has 5 nitrogen and oxygen atoms in total. The quantitative estimate of drug-likeness (QED) is 0.808. The van der Waals surface area contributed by atoms with Crippen molar-refractivity contribution >= 4 is 17.3 Å². The summed E-state index contributed by atoms with van der Waals surface area (Å²) in [5.41, 5.74) is 2.46. The van der Waals surface area contributed by atoms with Crippen LogP contribution in [0.3, 0.4) is 0 Å². The smallest absolute Gasteiger partial charge is 0.339 e. The molecule has 0 fully saturated rings. The summed E-state index contributed by atoms with van der Waals surface area (Å²) in [6.07, 6.45) is 2.98. The number of hydrogen-bond donors (Lipinski definition) is 1. The molecule has 0 radical (unpaired) electrons. The summed E-state index contributed by atoms with van der Waals surface area (Å²) in [6.45, 7) is 0. The molecule has 0 aliphatic carbocycles. The lowest BCUT2D eigenvalue weighted by molar-refractivity contribution is 0.0697. The fourth-order valence-electron chi connectivity index (χ4n) is 1.22. The van der Waals surface area contributed by atoms with Gasteiger partial charge in [-0.2, -0.15) is 5.10 Å². The first-order chi connectivity index (χ1) is 6.70. The third-order valence-corrected chi connectivity index (χ3v) is 2.61. The first-order valence-corrected chi connectivity index (χ1v) is 4.72. The Bertz CT molecular complexity index is 461. The van der Waals surface area contributed by atoms with Gasteiger partial charge in [-0.25, -0.2) is 4.79 Å². The highest BCUT2D eigenvalue weighted by Gasteiger charge is 2.17. The maximum Gasteiger partial charge on any atom is 0.339 e. The minimum atomic E-state index is -0.971. The molecule has 0 aliphatic heterocycles. The number of aromatic nitrogens is 3. The van der Waals surface area contributed by atoms with E-state index in [1.807, 2.05) is 0 Å². The molecule has 6 heteroatoms. The number of aryl methyl sites for hydroxylation is 1. The van der Waals surface area contributed by atoms with Gasteiger partial charge in [0.1, 0.15) is 5.56 Å². The molecule has 2 heterocycles. The molecule has 0 spiro atoms. The van der Waals surface area contributed by atoms with Crippen LogP contribution < -0.4 is 0 Å². The second-order valence-electron chi connectivity index (χ2n) is 2.70. The summed E-state index contributed by atoms with van der Waals surface area (Å²) in [6, 6.07) is 0. The molecule has 0 amide bonds. The summed E-state index contributed by atoms with van der Waals surface area (Å²) in [4.78, 5) is 15.6. The molecular weight excluding hydrogens is 202 g/mol. The van der Waals surface area contributed by atoms with Gasteiger partial charge in [-0.05, 0) is 0 Å². The van der Waals surface area contributed by atoms with E-state index in [2.05, 4.69) is 10.1 Å². The number of carboxylic acid groups (broad SMARTS) is 1. The second-order valence-corrected chi connectivity index (χ2v) is 3.59. The fraction of sp³-hybridized carbons (Fsp3) is 0.125. The van der Waals surface area contributed by atoms with E-state index in [1.54, 1.807) is 18.8 Å². The minimum Gasteiger partial charge on any atom is -0.478 e. The minimum absolute atomic E-state index is 0.205. The number of carbonyl (C=O) groups is 1. The zero-order valence-electron chi connectivity index (χ0n) is 7.34. The van der Waals surface area contributed by atoms with E-state index in [0.717, 1.165) is 4.88 Å². The maximum absolute atomic E-state index is 10.9. The Kier molecular flexibility index (Phi) is 2.05. The van der Waals surface area contributed by atoms with Gasteiger partial charge in [-0.1, -0.05) is 0 Å². The van der Waals surface area contributed by atoms with Crippen molar-refractivity contribution in [2.75, 3.05) is 0 Å². The Labute approximate surface area is 83.6 Å². The van der Waals surface area contributed by atoms with Crippen molar-refractivity contribution in [1.82, 2.24) is 14.8 Å². The van der Waals surface area contributed by atoms with Crippen LogP contribution in [-0.4, -0.2) is 25.8 Å². The van der Waals surface area contributed by atoms with Crippen molar-refractivity contribution in [2.45, 2.75) is 0 Å². The average molecular weight is 209 g/mol. The Morgan fingerprint density at radius 3 is 2.93 bits per heavy atom. The van der Waals surface area contributed by atoms with Crippen LogP contribution >= 0.6 is 11.3 Å². The highest BCUT2D eigenvalue weighted by atomic mass is 32.1. The Hall–Kier alpha value is -1.69. The van der Waals surface area contributed by atoms with Crippen molar-refractivity contribution in [3.05, 3.63) is 23.5 Å². The lowest BCUT2D eigenvalue weighted by atomic mass is 10.2. The second kappa shape index (κ2) is 3.22. The van der Waals surface area contributed by atoms with Gasteiger partial charge < -0.3 is 5.11 Å². The van der Waals surface area contributed by atoms with Crippen LogP contribution in [0.5, 0.6) is 0 Å². The van der Waals surface area contributed by atoms with Crippen molar-refractivity contribution in [3.8, 4) is 10.6 Å². The number of nitrogens with zero attached hydrogens (tertiary/aromatic N) is 3. The highest BCUT2D eigenvalue weighted by molar-refractivity contribution is 7.13. The maximum atomic E-state index is 10.9. The first-order valence-electron chi connectivity index (χ1n) is 3.84. The highest BCUT2D eigenvalue weighted by Crippen LogP contribution is 2.26. The molecule has 0 saturated heterocycles. The predicted molar refractivity (Wildman–Crippen MR) is 51.3 cm³/mol. The standard InChI is InChI=1S/C8H7N3O2S/c1-11-7(6-3-9-4-14-6)5(2-10-11)8(12)13/h2-4H,1H3,(H,12,13). The number of rotatable bonds is 2. The van der Waals surface area contributed by atoms with Gasteiger partial charge in [0, 0.05) is 13.2 Å². The predicted octanol–water partition coefficient (Wildman–Crippen LogP) is 1.24. The summed E-state index contributed by atoms with van der Waals surface area (Å²) in [5.74, 6) is -0.971. The lowest BCUT2D eigenvalue weighted by Gasteiger charge is -1.98. The third kappa shape index (κ3) is 1.29. The fourth-order valence-corrected chi connectivity index (χ4v) is 1.93. The molecule has 72 valence electrons. The molecule has 2 rings (SSSR count). The molecule has 2 aromatic rings. The first kappa shape index (κ1) is 8.89. The van der Waals surface area contributed by atoms with Gasteiger partial charge in [0.15, 0.2) is 0 Å². The van der Waals surface area contributed by atoms with Crippen LogP contribution in [0.25, 0.3) is 10.6 Å². The van der Waals surface area contributed by atoms with Gasteiger partial charge in [-0.15, -0.1) is 11.3 Å². The van der Waals surface area contributed by atoms with Crippen molar-refractivity contribution < 1.29 is 9.90 Å². The number of hydrogen-bond acceptors (Lipinski definition) is 4. The number of carboxylic acids is 1. The summed E-state index contributed by atoms with van der Waals surface area (Å²) >= 11 is 1.39. The van der Waals surface area contributed by atoms with Gasteiger partial charge in [0.05, 0.1) is 22.3 Å². The van der Waals surface area contributed by atoms with Crippen LogP contribution in [0.2, 0.25) is 0 Å². The van der Waals surface area contributed by atoms with E-state index < -0.39 is 5.97 Å². The molecule has 0 bridgehead atoms. The summed E-state index contributed by atoms with van der Waals surface area (Å²) < 4.78 is 1.54. The molecular formula is C8H7N3O2S. The topological polar surface area (TPSA) is 68.0 Å². The molecule has 0 atom stereocenters. The third-order valence-electron chi connectivity index (χ3n) is 1.83. The van der Waals surface area contributed by atoms with Crippen molar-refractivity contribution in [1.29, 1.82) is 0 Å². The van der Waals surface area contributed by atoms with Gasteiger partial charge in [-0.3, -0.25) is 9.67 Å². The Balaban J connectivity index is 2.62.